The normalized spacial score (nSPS) is 19.5. The molecule has 1 aliphatic carbocycles. The molecule has 4 heteroatoms. The number of aromatic nitrogens is 1. The highest BCUT2D eigenvalue weighted by Gasteiger charge is 2.31. The van der Waals surface area contributed by atoms with Crippen LogP contribution in [0.15, 0.2) is 11.7 Å². The summed E-state index contributed by atoms with van der Waals surface area (Å²) < 4.78 is 6.21. The third kappa shape index (κ3) is 5.35. The smallest absolute Gasteiger partial charge is 0.0794 e. The molecular weight excluding hydrogens is 280 g/mol. The van der Waals surface area contributed by atoms with Gasteiger partial charge in [-0.15, -0.1) is 11.3 Å². The summed E-state index contributed by atoms with van der Waals surface area (Å²) in [7, 11) is 0. The Balaban J connectivity index is 2.04. The molecule has 120 valence electrons. The molecule has 0 saturated heterocycles. The second kappa shape index (κ2) is 9.54. The lowest BCUT2D eigenvalue weighted by Crippen LogP contribution is -2.47. The van der Waals surface area contributed by atoms with Crippen molar-refractivity contribution >= 4 is 11.3 Å². The second-order valence-corrected chi connectivity index (χ2v) is 7.02. The summed E-state index contributed by atoms with van der Waals surface area (Å²) in [4.78, 5) is 5.59. The van der Waals surface area contributed by atoms with Gasteiger partial charge in [-0.2, -0.15) is 0 Å². The maximum absolute atomic E-state index is 6.21. The van der Waals surface area contributed by atoms with Crippen molar-refractivity contribution in [2.75, 3.05) is 13.2 Å². The van der Waals surface area contributed by atoms with Crippen LogP contribution in [0, 0.1) is 5.92 Å². The first-order chi connectivity index (χ1) is 10.3. The van der Waals surface area contributed by atoms with Crippen LogP contribution in [-0.2, 0) is 11.2 Å². The number of nitrogens with zero attached hydrogens (tertiary/aromatic N) is 1. The lowest BCUT2D eigenvalue weighted by Gasteiger charge is -2.36. The number of hydrogen-bond donors (Lipinski definition) is 1. The van der Waals surface area contributed by atoms with E-state index >= 15 is 0 Å². The Morgan fingerprint density at radius 1 is 1.33 bits per heavy atom. The van der Waals surface area contributed by atoms with Crippen molar-refractivity contribution in [3.8, 4) is 0 Å². The maximum atomic E-state index is 6.21. The molecule has 1 aliphatic rings. The molecule has 0 radical (unpaired) electrons. The van der Waals surface area contributed by atoms with E-state index in [2.05, 4.69) is 24.1 Å². The zero-order valence-corrected chi connectivity index (χ0v) is 14.3. The molecule has 2 unspecified atom stereocenters. The molecule has 21 heavy (non-hydrogen) atoms. The van der Waals surface area contributed by atoms with Crippen molar-refractivity contribution in [1.82, 2.24) is 10.3 Å². The predicted octanol–water partition coefficient (Wildman–Crippen LogP) is 4.04. The molecule has 2 atom stereocenters. The molecule has 0 bridgehead atoms. The summed E-state index contributed by atoms with van der Waals surface area (Å²) in [6, 6.07) is 0.424. The number of nitrogens with one attached hydrogen (secondary N) is 1. The number of rotatable bonds is 9. The number of thiazole rings is 1. The van der Waals surface area contributed by atoms with E-state index in [4.69, 9.17) is 4.74 Å². The van der Waals surface area contributed by atoms with Gasteiger partial charge >= 0.3 is 0 Å². The van der Waals surface area contributed by atoms with E-state index in [1.807, 2.05) is 11.7 Å². The van der Waals surface area contributed by atoms with Crippen LogP contribution in [0.5, 0.6) is 0 Å². The average Bonchev–Trinajstić information content (AvgIpc) is 3.03. The van der Waals surface area contributed by atoms with E-state index in [9.17, 15) is 0 Å². The van der Waals surface area contributed by atoms with E-state index < -0.39 is 0 Å². The fourth-order valence-corrected chi connectivity index (χ4v) is 4.08. The fourth-order valence-electron chi connectivity index (χ4n) is 3.43. The van der Waals surface area contributed by atoms with E-state index in [1.165, 1.54) is 43.4 Å². The van der Waals surface area contributed by atoms with Gasteiger partial charge in [0, 0.05) is 30.1 Å². The second-order valence-electron chi connectivity index (χ2n) is 6.05. The zero-order chi connectivity index (χ0) is 14.9. The quantitative estimate of drug-likeness (QED) is 0.747. The molecule has 3 nitrogen and oxygen atoms in total. The highest BCUT2D eigenvalue weighted by molar-refractivity contribution is 7.09. The predicted molar refractivity (Wildman–Crippen MR) is 89.9 cm³/mol. The summed E-state index contributed by atoms with van der Waals surface area (Å²) in [6.07, 6.45) is 11.4. The van der Waals surface area contributed by atoms with E-state index in [1.54, 1.807) is 11.3 Å². The van der Waals surface area contributed by atoms with Crippen molar-refractivity contribution < 1.29 is 4.74 Å². The number of hydrogen-bond acceptors (Lipinski definition) is 4. The molecule has 0 amide bonds. The lowest BCUT2D eigenvalue weighted by molar-refractivity contribution is -0.0172. The van der Waals surface area contributed by atoms with E-state index in [0.29, 0.717) is 12.1 Å². The Bertz CT molecular complexity index is 363. The molecule has 1 saturated carbocycles. The first-order valence-corrected chi connectivity index (χ1v) is 9.45. The third-order valence-electron chi connectivity index (χ3n) is 4.43. The molecule has 0 aliphatic heterocycles. The number of ether oxygens (including phenoxy) is 1. The molecule has 1 aromatic rings. The first-order valence-electron chi connectivity index (χ1n) is 8.57. The molecule has 0 aromatic carbocycles. The Morgan fingerprint density at radius 3 is 2.76 bits per heavy atom. The Morgan fingerprint density at radius 2 is 2.14 bits per heavy atom. The van der Waals surface area contributed by atoms with Crippen LogP contribution in [0.25, 0.3) is 0 Å². The van der Waals surface area contributed by atoms with Crippen LogP contribution >= 0.6 is 11.3 Å². The first kappa shape index (κ1) is 16.9. The SMILES string of the molecule is CCCNC(Cc1cncs1)C(OCC)C1CCCCC1. The van der Waals surface area contributed by atoms with Crippen LogP contribution in [0.3, 0.4) is 0 Å². The minimum atomic E-state index is 0.351. The molecule has 1 heterocycles. The van der Waals surface area contributed by atoms with Gasteiger partial charge in [0.25, 0.3) is 0 Å². The maximum Gasteiger partial charge on any atom is 0.0794 e. The zero-order valence-electron chi connectivity index (χ0n) is 13.5. The summed E-state index contributed by atoms with van der Waals surface area (Å²) in [5, 5.41) is 3.74. The topological polar surface area (TPSA) is 34.2 Å². The van der Waals surface area contributed by atoms with Crippen LogP contribution in [0.1, 0.15) is 57.2 Å². The molecule has 1 N–H and O–H groups in total. The molecule has 1 fully saturated rings. The molecular formula is C17H30N2OS. The summed E-state index contributed by atoms with van der Waals surface area (Å²) in [5.41, 5.74) is 1.93. The molecule has 2 rings (SSSR count). The Kier molecular flexibility index (Phi) is 7.69. The van der Waals surface area contributed by atoms with Gasteiger partial charge < -0.3 is 10.1 Å². The van der Waals surface area contributed by atoms with Crippen molar-refractivity contribution in [3.63, 3.8) is 0 Å². The lowest BCUT2D eigenvalue weighted by atomic mass is 9.81. The largest absolute Gasteiger partial charge is 0.377 e. The van der Waals surface area contributed by atoms with E-state index in [-0.39, 0.29) is 0 Å². The van der Waals surface area contributed by atoms with Crippen molar-refractivity contribution in [2.45, 2.75) is 70.9 Å². The van der Waals surface area contributed by atoms with Crippen LogP contribution < -0.4 is 5.32 Å². The third-order valence-corrected chi connectivity index (χ3v) is 5.23. The summed E-state index contributed by atoms with van der Waals surface area (Å²) in [5.74, 6) is 0.723. The summed E-state index contributed by atoms with van der Waals surface area (Å²) in [6.45, 7) is 6.24. The summed E-state index contributed by atoms with van der Waals surface area (Å²) >= 11 is 1.76. The van der Waals surface area contributed by atoms with Crippen molar-refractivity contribution in [2.24, 2.45) is 5.92 Å². The Labute approximate surface area is 133 Å². The van der Waals surface area contributed by atoms with Crippen molar-refractivity contribution in [3.05, 3.63) is 16.6 Å². The van der Waals surface area contributed by atoms with E-state index in [0.717, 1.165) is 25.5 Å². The van der Waals surface area contributed by atoms with Gasteiger partial charge in [-0.05, 0) is 38.6 Å². The minimum absolute atomic E-state index is 0.351. The fraction of sp³-hybridized carbons (Fsp3) is 0.824. The van der Waals surface area contributed by atoms with Gasteiger partial charge in [-0.25, -0.2) is 0 Å². The van der Waals surface area contributed by atoms with Gasteiger partial charge in [-0.1, -0.05) is 26.2 Å². The molecule has 1 aromatic heterocycles. The minimum Gasteiger partial charge on any atom is -0.377 e. The molecule has 0 spiro atoms. The van der Waals surface area contributed by atoms with Gasteiger partial charge in [0.05, 0.1) is 11.6 Å². The van der Waals surface area contributed by atoms with Crippen LogP contribution in [-0.4, -0.2) is 30.3 Å². The van der Waals surface area contributed by atoms with Gasteiger partial charge in [0.2, 0.25) is 0 Å². The average molecular weight is 311 g/mol. The van der Waals surface area contributed by atoms with Crippen LogP contribution in [0.2, 0.25) is 0 Å². The standard InChI is InChI=1S/C17H30N2OS/c1-3-10-19-16(11-15-12-18-13-21-15)17(20-4-2)14-8-6-5-7-9-14/h12-14,16-17,19H,3-11H2,1-2H3. The Hall–Kier alpha value is -0.450. The van der Waals surface area contributed by atoms with Crippen molar-refractivity contribution in [1.29, 1.82) is 0 Å². The van der Waals surface area contributed by atoms with Gasteiger partial charge in [0.1, 0.15) is 0 Å². The van der Waals surface area contributed by atoms with Gasteiger partial charge in [-0.3, -0.25) is 4.98 Å². The highest BCUT2D eigenvalue weighted by atomic mass is 32.1. The van der Waals surface area contributed by atoms with Crippen LogP contribution in [0.4, 0.5) is 0 Å². The monoisotopic (exact) mass is 310 g/mol. The highest BCUT2D eigenvalue weighted by Crippen LogP contribution is 2.30. The van der Waals surface area contributed by atoms with Gasteiger partial charge in [0.15, 0.2) is 0 Å².